The first-order valence-electron chi connectivity index (χ1n) is 3.93. The van der Waals surface area contributed by atoms with Gasteiger partial charge in [-0.1, -0.05) is 18.2 Å². The molecule has 0 saturated carbocycles. The number of aliphatic hydroxyl groups excluding tert-OH is 1. The molecule has 0 radical (unpaired) electrons. The molecule has 112 valence electrons. The van der Waals surface area contributed by atoms with Crippen LogP contribution in [0.4, 0.5) is 0 Å². The van der Waals surface area contributed by atoms with E-state index in [-0.39, 0.29) is 42.5 Å². The second-order valence-corrected chi connectivity index (χ2v) is 2.80. The number of hydrogen-bond donors (Lipinski definition) is 6. The Kier molecular flexibility index (Phi) is 76.2. The van der Waals surface area contributed by atoms with Crippen molar-refractivity contribution in [1.29, 1.82) is 0 Å². The third-order valence-corrected chi connectivity index (χ3v) is 0.718. The van der Waals surface area contributed by atoms with E-state index in [4.69, 9.17) is 20.4 Å². The summed E-state index contributed by atoms with van der Waals surface area (Å²) in [6.07, 6.45) is -1.38. The van der Waals surface area contributed by atoms with Gasteiger partial charge in [0.05, 0.1) is 6.54 Å². The summed E-state index contributed by atoms with van der Waals surface area (Å²) in [4.78, 5) is 0. The molecular weight excluding hydrogens is 268 g/mol. The number of rotatable bonds is 2. The Morgan fingerprint density at radius 1 is 1.18 bits per heavy atom. The predicted octanol–water partition coefficient (Wildman–Crippen LogP) is -1.42. The van der Waals surface area contributed by atoms with E-state index in [2.05, 4.69) is 30.2 Å². The highest BCUT2D eigenvalue weighted by atomic mass is 32.1. The third-order valence-electron chi connectivity index (χ3n) is 0.429. The van der Waals surface area contributed by atoms with Crippen molar-refractivity contribution in [3.8, 4) is 0 Å². The van der Waals surface area contributed by atoms with Crippen LogP contribution in [0.2, 0.25) is 0 Å². The molecule has 8 nitrogen and oxygen atoms in total. The summed E-state index contributed by atoms with van der Waals surface area (Å²) in [5, 5.41) is 36.6. The molecule has 0 aliphatic heterocycles. The number of quaternary nitrogens is 3. The van der Waals surface area contributed by atoms with Gasteiger partial charge in [0.15, 0.2) is 6.29 Å². The summed E-state index contributed by atoms with van der Waals surface area (Å²) >= 11 is 8.79. The summed E-state index contributed by atoms with van der Waals surface area (Å²) in [7, 11) is 0. The second kappa shape index (κ2) is 36.0. The molecule has 0 aliphatic rings. The molecule has 0 bridgehead atoms. The summed E-state index contributed by atoms with van der Waals surface area (Å²) in [5.74, 6) is 0. The van der Waals surface area contributed by atoms with Crippen molar-refractivity contribution in [3.05, 3.63) is 0 Å². The van der Waals surface area contributed by atoms with Crippen LogP contribution in [0.15, 0.2) is 0 Å². The van der Waals surface area contributed by atoms with Crippen LogP contribution in [0.1, 0.15) is 13.8 Å². The van der Waals surface area contributed by atoms with Gasteiger partial charge in [-0.25, -0.2) is 0 Å². The van der Waals surface area contributed by atoms with E-state index < -0.39 is 6.29 Å². The highest BCUT2D eigenvalue weighted by molar-refractivity contribution is 8.00. The minimum absolute atomic E-state index is 0. The number of hydrogen-bond acceptors (Lipinski definition) is 6. The average molecular weight is 296 g/mol. The predicted molar refractivity (Wildman–Crippen MR) is 75.2 cm³/mol. The highest BCUT2D eigenvalue weighted by Crippen LogP contribution is 1.70. The molecule has 0 atom stereocenters. The molecule has 0 aromatic carbocycles. The Bertz CT molecular complexity index is 120. The molecular formula is C7H28N4O4S2. The van der Waals surface area contributed by atoms with E-state index in [1.54, 1.807) is 13.8 Å². The molecule has 0 rings (SSSR count). The van der Waals surface area contributed by atoms with Gasteiger partial charge in [-0.3, -0.25) is 0 Å². The van der Waals surface area contributed by atoms with Crippen molar-refractivity contribution in [1.82, 2.24) is 23.8 Å². The van der Waals surface area contributed by atoms with Gasteiger partial charge in [0.2, 0.25) is 0 Å². The van der Waals surface area contributed by atoms with Crippen LogP contribution in [0.25, 0.3) is 0 Å². The van der Waals surface area contributed by atoms with Crippen LogP contribution >= 0.6 is 12.2 Å². The molecule has 0 fully saturated rings. The van der Waals surface area contributed by atoms with Gasteiger partial charge in [0.1, 0.15) is 0 Å². The Morgan fingerprint density at radius 2 is 1.41 bits per heavy atom. The van der Waals surface area contributed by atoms with Gasteiger partial charge >= 0.3 is 0 Å². The van der Waals surface area contributed by atoms with E-state index in [1.165, 1.54) is 0 Å². The van der Waals surface area contributed by atoms with Gasteiger partial charge in [-0.15, -0.1) is 13.2 Å². The maximum Gasteiger partial charge on any atom is 0.168 e. The lowest BCUT2D eigenvalue weighted by Crippen LogP contribution is -2.29. The van der Waals surface area contributed by atoms with Gasteiger partial charge < -0.3 is 69.0 Å². The summed E-state index contributed by atoms with van der Waals surface area (Å²) in [6.45, 7) is 3.14. The smallest absolute Gasteiger partial charge is 0.168 e. The van der Waals surface area contributed by atoms with Crippen LogP contribution in [0, 0.1) is 0 Å². The molecule has 0 amide bonds. The first-order chi connectivity index (χ1) is 6.45. The van der Waals surface area contributed by atoms with E-state index in [9.17, 15) is 0 Å². The lowest BCUT2D eigenvalue weighted by molar-refractivity contribution is -0.362. The Hall–Kier alpha value is -0.170. The zero-order chi connectivity index (χ0) is 12.0. The molecule has 17 heavy (non-hydrogen) atoms. The molecule has 0 saturated heterocycles. The molecule has 0 spiro atoms. The Balaban J connectivity index is -0.0000000292. The summed E-state index contributed by atoms with van der Waals surface area (Å²) < 4.78 is 0.151. The van der Waals surface area contributed by atoms with Crippen molar-refractivity contribution in [2.24, 2.45) is 0 Å². The maximum absolute atomic E-state index is 8.93. The molecule has 0 unspecified atom stereocenters. The molecule has 0 aromatic rings. The van der Waals surface area contributed by atoms with Crippen molar-refractivity contribution in [2.75, 3.05) is 19.8 Å². The fourth-order valence-corrected chi connectivity index (χ4v) is 0.341. The summed E-state index contributed by atoms with van der Waals surface area (Å²) in [5.41, 5.74) is 0. The number of aliphatic hydroxyl groups is 2. The minimum atomic E-state index is -1.38. The van der Waals surface area contributed by atoms with Gasteiger partial charge in [0.25, 0.3) is 0 Å². The molecule has 0 heterocycles. The highest BCUT2D eigenvalue weighted by Gasteiger charge is 1.90. The van der Waals surface area contributed by atoms with Crippen LogP contribution < -0.4 is 34.0 Å². The van der Waals surface area contributed by atoms with Crippen molar-refractivity contribution < 1.29 is 20.4 Å². The number of thiocarbonyl (C=S) groups is 1. The molecule has 0 aliphatic carbocycles. The zero-order valence-electron chi connectivity index (χ0n) is 11.2. The Morgan fingerprint density at radius 3 is 1.47 bits per heavy atom. The first-order valence-corrected chi connectivity index (χ1v) is 4.74. The third kappa shape index (κ3) is 130. The standard InChI is InChI=1S/C3H7NO2S2.2C2H5O.3H3N/c5-2(6)1-4-3(7)8;2*1-2-3;;;/h2,5-6H,1H2,(H2,4,7,8);2*2H2,1H3;3*1H3/q;2*-1;;;/p+2. The van der Waals surface area contributed by atoms with Crippen molar-refractivity contribution in [3.63, 3.8) is 0 Å². The fourth-order valence-electron chi connectivity index (χ4n) is 0.175. The van der Waals surface area contributed by atoms with E-state index in [1.807, 2.05) is 0 Å². The fraction of sp³-hybridized carbons (Fsp3) is 0.857. The van der Waals surface area contributed by atoms with Crippen LogP contribution in [0.5, 0.6) is 0 Å². The maximum atomic E-state index is 8.93. The van der Waals surface area contributed by atoms with Crippen molar-refractivity contribution >= 4 is 29.2 Å². The quantitative estimate of drug-likeness (QED) is 0.203. The van der Waals surface area contributed by atoms with E-state index in [0.717, 1.165) is 0 Å². The van der Waals surface area contributed by atoms with Gasteiger partial charge in [-0.05, 0) is 0 Å². The largest absolute Gasteiger partial charge is 0.855 e. The van der Waals surface area contributed by atoms with Gasteiger partial charge in [-0.2, -0.15) is 0 Å². The van der Waals surface area contributed by atoms with Gasteiger partial charge in [0, 0.05) is 0 Å². The molecule has 15 N–H and O–H groups in total. The van der Waals surface area contributed by atoms with Crippen LogP contribution in [-0.2, 0) is 12.6 Å². The van der Waals surface area contributed by atoms with Crippen LogP contribution in [-0.4, -0.2) is 40.6 Å². The monoisotopic (exact) mass is 296 g/mol. The van der Waals surface area contributed by atoms with Crippen LogP contribution in [0.3, 0.4) is 0 Å². The zero-order valence-corrected chi connectivity index (χ0v) is 12.9. The average Bonchev–Trinajstić information content (AvgIpc) is 2.04. The minimum Gasteiger partial charge on any atom is -0.855 e. The second-order valence-electron chi connectivity index (χ2n) is 1.73. The van der Waals surface area contributed by atoms with E-state index in [0.29, 0.717) is 0 Å². The lowest BCUT2D eigenvalue weighted by atomic mass is 10.6. The van der Waals surface area contributed by atoms with E-state index >= 15 is 0 Å². The topological polar surface area (TPSA) is 208 Å². The molecule has 10 heteroatoms. The first kappa shape index (κ1) is 36.0. The Labute approximate surface area is 114 Å². The number of nitrogens with one attached hydrogen (secondary N) is 1. The normalized spacial score (nSPS) is 6.53. The summed E-state index contributed by atoms with van der Waals surface area (Å²) in [6, 6.07) is 0. The molecule has 0 aromatic heterocycles. The lowest BCUT2D eigenvalue weighted by Gasteiger charge is -2.09. The SMILES string of the molecule is CC[O-].CC[O-].OC(O)CNC(=S)[S-].[NH4+].[NH4+].[NH4+]. The van der Waals surface area contributed by atoms with Crippen molar-refractivity contribution in [2.45, 2.75) is 20.1 Å².